The highest BCUT2D eigenvalue weighted by atomic mass is 79.9. The van der Waals surface area contributed by atoms with Crippen LogP contribution in [0.5, 0.6) is 11.5 Å². The molecule has 7 nitrogen and oxygen atoms in total. The number of nitrogens with zero attached hydrogens (tertiary/aromatic N) is 2. The Morgan fingerprint density at radius 3 is 2.87 bits per heavy atom. The first-order valence-electron chi connectivity index (χ1n) is 9.52. The van der Waals surface area contributed by atoms with Crippen molar-refractivity contribution in [2.75, 3.05) is 19.1 Å². The fourth-order valence-corrected chi connectivity index (χ4v) is 3.67. The highest BCUT2D eigenvalue weighted by Crippen LogP contribution is 2.29. The van der Waals surface area contributed by atoms with Crippen molar-refractivity contribution in [3.8, 4) is 11.5 Å². The van der Waals surface area contributed by atoms with Gasteiger partial charge in [0.2, 0.25) is 5.13 Å². The van der Waals surface area contributed by atoms with Crippen LogP contribution < -0.4 is 14.9 Å². The Balaban J connectivity index is 1.58. The topological polar surface area (TPSA) is 82.0 Å². The maximum Gasteiger partial charge on any atom is 0.311 e. The Morgan fingerprint density at radius 1 is 1.26 bits per heavy atom. The second kappa shape index (κ2) is 11.5. The molecule has 9 heteroatoms. The van der Waals surface area contributed by atoms with Gasteiger partial charge in [0.05, 0.1) is 32.0 Å². The Kier molecular flexibility index (Phi) is 8.43. The molecule has 2 aromatic carbocycles. The molecule has 0 saturated heterocycles. The molecule has 0 unspecified atom stereocenters. The third kappa shape index (κ3) is 6.80. The lowest BCUT2D eigenvalue weighted by Crippen LogP contribution is -2.07. The van der Waals surface area contributed by atoms with Crippen LogP contribution in [0.3, 0.4) is 0 Å². The average molecular weight is 504 g/mol. The molecular formula is C22H22BrN3O4S. The van der Waals surface area contributed by atoms with Crippen LogP contribution in [0, 0.1) is 0 Å². The first-order valence-corrected chi connectivity index (χ1v) is 11.2. The SMILES string of the molecule is CCOC(=O)Cc1csc(NN=Cc2ccc(OCc3ccccc3Br)c(OC)c2)n1. The van der Waals surface area contributed by atoms with Gasteiger partial charge in [-0.25, -0.2) is 4.98 Å². The lowest BCUT2D eigenvalue weighted by molar-refractivity contribution is -0.142. The number of halogens is 1. The molecule has 1 N–H and O–H groups in total. The number of thiazole rings is 1. The summed E-state index contributed by atoms with van der Waals surface area (Å²) in [5.74, 6) is 0.964. The predicted octanol–water partition coefficient (Wildman–Crippen LogP) is 5.04. The number of rotatable bonds is 10. The third-order valence-electron chi connectivity index (χ3n) is 4.09. The van der Waals surface area contributed by atoms with E-state index in [0.717, 1.165) is 15.6 Å². The van der Waals surface area contributed by atoms with Gasteiger partial charge in [0.15, 0.2) is 11.5 Å². The number of hydrogen-bond donors (Lipinski definition) is 1. The van der Waals surface area contributed by atoms with E-state index in [-0.39, 0.29) is 12.4 Å². The molecule has 0 fully saturated rings. The summed E-state index contributed by atoms with van der Waals surface area (Å²) in [6.07, 6.45) is 1.81. The van der Waals surface area contributed by atoms with E-state index in [1.165, 1.54) is 11.3 Å². The highest BCUT2D eigenvalue weighted by molar-refractivity contribution is 9.10. The summed E-state index contributed by atoms with van der Waals surface area (Å²) < 4.78 is 17.3. The van der Waals surface area contributed by atoms with Crippen molar-refractivity contribution in [3.05, 3.63) is 69.1 Å². The monoisotopic (exact) mass is 503 g/mol. The number of esters is 1. The van der Waals surface area contributed by atoms with Gasteiger partial charge in [-0.15, -0.1) is 11.3 Å². The predicted molar refractivity (Wildman–Crippen MR) is 125 cm³/mol. The van der Waals surface area contributed by atoms with E-state index < -0.39 is 0 Å². The molecule has 31 heavy (non-hydrogen) atoms. The molecule has 0 bridgehead atoms. The van der Waals surface area contributed by atoms with Crippen molar-refractivity contribution in [2.45, 2.75) is 20.0 Å². The molecular weight excluding hydrogens is 482 g/mol. The molecule has 162 valence electrons. The minimum Gasteiger partial charge on any atom is -0.493 e. The number of methoxy groups -OCH3 is 1. The maximum absolute atomic E-state index is 11.5. The van der Waals surface area contributed by atoms with Crippen molar-refractivity contribution in [1.82, 2.24) is 4.98 Å². The van der Waals surface area contributed by atoms with E-state index in [2.05, 4.69) is 31.4 Å². The number of hydrogen-bond acceptors (Lipinski definition) is 8. The largest absolute Gasteiger partial charge is 0.493 e. The molecule has 3 rings (SSSR count). The molecule has 1 aromatic heterocycles. The van der Waals surface area contributed by atoms with Gasteiger partial charge in [0, 0.05) is 15.4 Å². The van der Waals surface area contributed by atoms with Gasteiger partial charge in [-0.3, -0.25) is 10.2 Å². The van der Waals surface area contributed by atoms with Crippen LogP contribution in [0.2, 0.25) is 0 Å². The van der Waals surface area contributed by atoms with Gasteiger partial charge >= 0.3 is 5.97 Å². The number of aromatic nitrogens is 1. The smallest absolute Gasteiger partial charge is 0.311 e. The highest BCUT2D eigenvalue weighted by Gasteiger charge is 2.09. The second-order valence-electron chi connectivity index (χ2n) is 6.29. The summed E-state index contributed by atoms with van der Waals surface area (Å²) in [6.45, 7) is 2.55. The molecule has 0 saturated carbocycles. The second-order valence-corrected chi connectivity index (χ2v) is 8.00. The summed E-state index contributed by atoms with van der Waals surface area (Å²) in [5.41, 5.74) is 5.40. The Bertz CT molecular complexity index is 1050. The Labute approximate surface area is 193 Å². The minimum absolute atomic E-state index is 0.147. The van der Waals surface area contributed by atoms with Crippen LogP contribution >= 0.6 is 27.3 Å². The fourth-order valence-electron chi connectivity index (χ4n) is 2.62. The maximum atomic E-state index is 11.5. The van der Waals surface area contributed by atoms with Gasteiger partial charge in [-0.2, -0.15) is 5.10 Å². The standard InChI is InChI=1S/C22H22BrN3O4S/c1-3-29-21(27)11-17-14-31-22(25-17)26-24-12-15-8-9-19(20(10-15)28-2)30-13-16-6-4-5-7-18(16)23/h4-10,12,14H,3,11,13H2,1-2H3,(H,25,26). The van der Waals surface area contributed by atoms with Crippen LogP contribution in [0.1, 0.15) is 23.7 Å². The zero-order chi connectivity index (χ0) is 22.1. The lowest BCUT2D eigenvalue weighted by Gasteiger charge is -2.12. The van der Waals surface area contributed by atoms with E-state index in [0.29, 0.717) is 35.5 Å². The molecule has 0 spiro atoms. The zero-order valence-corrected chi connectivity index (χ0v) is 19.5. The molecule has 3 aromatic rings. The molecule has 1 heterocycles. The van der Waals surface area contributed by atoms with Gasteiger partial charge in [-0.05, 0) is 36.8 Å². The van der Waals surface area contributed by atoms with Crippen molar-refractivity contribution < 1.29 is 19.0 Å². The first kappa shape index (κ1) is 22.8. The number of nitrogens with one attached hydrogen (secondary N) is 1. The van der Waals surface area contributed by atoms with Crippen molar-refractivity contribution in [1.29, 1.82) is 0 Å². The van der Waals surface area contributed by atoms with E-state index in [9.17, 15) is 4.79 Å². The summed E-state index contributed by atoms with van der Waals surface area (Å²) in [5, 5.41) is 6.60. The van der Waals surface area contributed by atoms with Crippen LogP contribution in [0.25, 0.3) is 0 Å². The summed E-state index contributed by atoms with van der Waals surface area (Å²) in [4.78, 5) is 15.8. The first-order chi connectivity index (χ1) is 15.1. The van der Waals surface area contributed by atoms with E-state index in [1.807, 2.05) is 42.5 Å². The number of carbonyl (C=O) groups is 1. The minimum atomic E-state index is -0.295. The quantitative estimate of drug-likeness (QED) is 0.237. The number of benzene rings is 2. The Hall–Kier alpha value is -2.91. The van der Waals surface area contributed by atoms with Crippen molar-refractivity contribution in [3.63, 3.8) is 0 Å². The molecule has 0 radical (unpaired) electrons. The van der Waals surface area contributed by atoms with Crippen LogP contribution in [-0.2, 0) is 22.6 Å². The summed E-state index contributed by atoms with van der Waals surface area (Å²) in [6, 6.07) is 13.5. The van der Waals surface area contributed by atoms with Gasteiger partial charge in [0.25, 0.3) is 0 Å². The fraction of sp³-hybridized carbons (Fsp3) is 0.227. The molecule has 0 aliphatic carbocycles. The zero-order valence-electron chi connectivity index (χ0n) is 17.1. The Morgan fingerprint density at radius 2 is 2.10 bits per heavy atom. The van der Waals surface area contributed by atoms with Gasteiger partial charge in [-0.1, -0.05) is 34.1 Å². The summed E-state index contributed by atoms with van der Waals surface area (Å²) >= 11 is 4.89. The molecule has 0 aliphatic rings. The lowest BCUT2D eigenvalue weighted by atomic mass is 10.2. The van der Waals surface area contributed by atoms with Gasteiger partial charge in [0.1, 0.15) is 6.61 Å². The van der Waals surface area contributed by atoms with Crippen molar-refractivity contribution >= 4 is 44.6 Å². The van der Waals surface area contributed by atoms with Gasteiger partial charge < -0.3 is 14.2 Å². The molecule has 0 aliphatic heterocycles. The number of carbonyl (C=O) groups excluding carboxylic acids is 1. The number of anilines is 1. The molecule has 0 atom stereocenters. The van der Waals surface area contributed by atoms with E-state index in [4.69, 9.17) is 14.2 Å². The van der Waals surface area contributed by atoms with Crippen molar-refractivity contribution in [2.24, 2.45) is 5.10 Å². The summed E-state index contributed by atoms with van der Waals surface area (Å²) in [7, 11) is 1.60. The number of ether oxygens (including phenoxy) is 3. The van der Waals surface area contributed by atoms with Crippen LogP contribution in [-0.4, -0.2) is 30.9 Å². The molecule has 0 amide bonds. The average Bonchev–Trinajstić information content (AvgIpc) is 3.20. The third-order valence-corrected chi connectivity index (χ3v) is 5.65. The van der Waals surface area contributed by atoms with Crippen LogP contribution in [0.4, 0.5) is 5.13 Å². The van der Waals surface area contributed by atoms with E-state index >= 15 is 0 Å². The van der Waals surface area contributed by atoms with E-state index in [1.54, 1.807) is 25.6 Å². The normalized spacial score (nSPS) is 10.8. The van der Waals surface area contributed by atoms with Crippen LogP contribution in [0.15, 0.2) is 57.4 Å². The number of hydrazone groups is 1.